The SMILES string of the molecule is O=C(C=Cc1ccc([N+](=O)[O-])cc1)Nc1cc(C(=O)[O-])cc(C(=O)[O-])c1. The van der Waals surface area contributed by atoms with Gasteiger partial charge in [-0.05, 0) is 53.1 Å². The van der Waals surface area contributed by atoms with Gasteiger partial charge < -0.3 is 25.1 Å². The van der Waals surface area contributed by atoms with Gasteiger partial charge in [0.15, 0.2) is 0 Å². The summed E-state index contributed by atoms with van der Waals surface area (Å²) in [4.78, 5) is 43.7. The molecule has 9 heteroatoms. The molecule has 0 aliphatic heterocycles. The van der Waals surface area contributed by atoms with Crippen LogP contribution in [0.4, 0.5) is 11.4 Å². The number of nitro groups is 1. The molecule has 2 rings (SSSR count). The van der Waals surface area contributed by atoms with Gasteiger partial charge in [-0.25, -0.2) is 0 Å². The van der Waals surface area contributed by atoms with Gasteiger partial charge in [-0.3, -0.25) is 14.9 Å². The smallest absolute Gasteiger partial charge is 0.269 e. The first-order valence-corrected chi connectivity index (χ1v) is 7.07. The molecule has 0 spiro atoms. The largest absolute Gasteiger partial charge is 0.545 e. The van der Waals surface area contributed by atoms with E-state index in [2.05, 4.69) is 5.32 Å². The fraction of sp³-hybridized carbons (Fsp3) is 0. The van der Waals surface area contributed by atoms with Crippen molar-refractivity contribution in [2.24, 2.45) is 0 Å². The summed E-state index contributed by atoms with van der Waals surface area (Å²) >= 11 is 0. The second-order valence-corrected chi connectivity index (χ2v) is 5.05. The number of benzene rings is 2. The third-order valence-electron chi connectivity index (χ3n) is 3.20. The molecular weight excluding hydrogens is 344 g/mol. The van der Waals surface area contributed by atoms with Crippen LogP contribution in [0.5, 0.6) is 0 Å². The van der Waals surface area contributed by atoms with Crippen molar-refractivity contribution in [3.63, 3.8) is 0 Å². The van der Waals surface area contributed by atoms with Gasteiger partial charge in [-0.1, -0.05) is 0 Å². The number of rotatable bonds is 6. The van der Waals surface area contributed by atoms with E-state index in [0.29, 0.717) is 5.56 Å². The van der Waals surface area contributed by atoms with Crippen LogP contribution in [0.25, 0.3) is 6.08 Å². The molecule has 0 saturated heterocycles. The second-order valence-electron chi connectivity index (χ2n) is 5.05. The predicted molar refractivity (Wildman–Crippen MR) is 85.9 cm³/mol. The molecule has 0 radical (unpaired) electrons. The highest BCUT2D eigenvalue weighted by Crippen LogP contribution is 2.16. The van der Waals surface area contributed by atoms with E-state index in [1.165, 1.54) is 30.3 Å². The predicted octanol–water partition coefficient (Wildman–Crippen LogP) is -0.0263. The number of nitrogens with one attached hydrogen (secondary N) is 1. The van der Waals surface area contributed by atoms with Gasteiger partial charge in [0.05, 0.1) is 16.9 Å². The Hall–Kier alpha value is -4.01. The van der Waals surface area contributed by atoms with Gasteiger partial charge in [0.2, 0.25) is 5.91 Å². The Morgan fingerprint density at radius 3 is 1.92 bits per heavy atom. The number of carbonyl (C=O) groups excluding carboxylic acids is 3. The zero-order valence-electron chi connectivity index (χ0n) is 13.0. The van der Waals surface area contributed by atoms with Crippen molar-refractivity contribution in [3.8, 4) is 0 Å². The van der Waals surface area contributed by atoms with Crippen LogP contribution in [-0.2, 0) is 4.79 Å². The number of aromatic carboxylic acids is 2. The van der Waals surface area contributed by atoms with E-state index >= 15 is 0 Å². The summed E-state index contributed by atoms with van der Waals surface area (Å²) in [5.74, 6) is -3.88. The number of hydrogen-bond acceptors (Lipinski definition) is 7. The maximum atomic E-state index is 11.9. The van der Waals surface area contributed by atoms with Gasteiger partial charge in [-0.2, -0.15) is 0 Å². The van der Waals surface area contributed by atoms with Gasteiger partial charge in [0, 0.05) is 23.9 Å². The summed E-state index contributed by atoms with van der Waals surface area (Å²) in [5.41, 5.74) is -0.503. The van der Waals surface area contributed by atoms with E-state index in [4.69, 9.17) is 0 Å². The standard InChI is InChI=1S/C17H12N2O7/c20-15(6-3-10-1-4-14(5-2-10)19(25)26)18-13-8-11(16(21)22)7-12(9-13)17(23)24/h1-9H,(H,18,20)(H,21,22)(H,23,24)/p-2. The van der Waals surface area contributed by atoms with Gasteiger partial charge in [0.25, 0.3) is 5.69 Å². The van der Waals surface area contributed by atoms with Crippen molar-refractivity contribution >= 4 is 35.3 Å². The van der Waals surface area contributed by atoms with Gasteiger partial charge >= 0.3 is 0 Å². The lowest BCUT2D eigenvalue weighted by Crippen LogP contribution is -2.26. The minimum absolute atomic E-state index is 0.0655. The topological polar surface area (TPSA) is 152 Å². The molecule has 0 aliphatic rings. The summed E-state index contributed by atoms with van der Waals surface area (Å²) in [7, 11) is 0. The Labute approximate surface area is 146 Å². The van der Waals surface area contributed by atoms with Crippen LogP contribution in [0.3, 0.4) is 0 Å². The van der Waals surface area contributed by atoms with Crippen LogP contribution in [0.15, 0.2) is 48.5 Å². The molecule has 0 unspecified atom stereocenters. The monoisotopic (exact) mass is 354 g/mol. The Balaban J connectivity index is 2.15. The van der Waals surface area contributed by atoms with Crippen molar-refractivity contribution in [2.45, 2.75) is 0 Å². The molecular formula is C17H10N2O7-2. The number of nitro benzene ring substituents is 1. The molecule has 0 aromatic heterocycles. The maximum Gasteiger partial charge on any atom is 0.269 e. The highest BCUT2D eigenvalue weighted by molar-refractivity contribution is 6.03. The first-order chi connectivity index (χ1) is 12.3. The lowest BCUT2D eigenvalue weighted by atomic mass is 10.1. The van der Waals surface area contributed by atoms with Crippen molar-refractivity contribution in [1.82, 2.24) is 0 Å². The molecule has 132 valence electrons. The minimum Gasteiger partial charge on any atom is -0.545 e. The lowest BCUT2D eigenvalue weighted by molar-refractivity contribution is -0.384. The van der Waals surface area contributed by atoms with Crippen LogP contribution in [0.1, 0.15) is 26.3 Å². The van der Waals surface area contributed by atoms with E-state index in [-0.39, 0.29) is 11.4 Å². The summed E-state index contributed by atoms with van der Waals surface area (Å²) < 4.78 is 0. The van der Waals surface area contributed by atoms with Crippen LogP contribution in [0.2, 0.25) is 0 Å². The molecule has 0 aliphatic carbocycles. The molecule has 26 heavy (non-hydrogen) atoms. The average molecular weight is 354 g/mol. The minimum atomic E-state index is -1.61. The number of hydrogen-bond donors (Lipinski definition) is 1. The van der Waals surface area contributed by atoms with E-state index in [1.54, 1.807) is 0 Å². The van der Waals surface area contributed by atoms with Crippen molar-refractivity contribution in [3.05, 3.63) is 75.3 Å². The van der Waals surface area contributed by atoms with Crippen LogP contribution in [0, 0.1) is 10.1 Å². The molecule has 0 saturated carbocycles. The molecule has 0 atom stereocenters. The molecule has 2 aromatic rings. The Kier molecular flexibility index (Phi) is 5.43. The normalized spacial score (nSPS) is 10.5. The number of carbonyl (C=O) groups is 3. The average Bonchev–Trinajstić information content (AvgIpc) is 2.59. The number of carboxylic acid groups (broad SMARTS) is 2. The molecule has 0 fully saturated rings. The van der Waals surface area contributed by atoms with Crippen molar-refractivity contribution < 1.29 is 29.5 Å². The number of non-ortho nitro benzene ring substituents is 1. The summed E-state index contributed by atoms with van der Waals surface area (Å²) in [6.07, 6.45) is 2.48. The third-order valence-corrected chi connectivity index (χ3v) is 3.20. The Morgan fingerprint density at radius 1 is 0.923 bits per heavy atom. The number of carboxylic acids is 2. The highest BCUT2D eigenvalue weighted by atomic mass is 16.6. The van der Waals surface area contributed by atoms with Crippen molar-refractivity contribution in [2.75, 3.05) is 5.32 Å². The van der Waals surface area contributed by atoms with Crippen LogP contribution in [-0.4, -0.2) is 22.8 Å². The fourth-order valence-electron chi connectivity index (χ4n) is 2.00. The number of nitrogens with zero attached hydrogens (tertiary/aromatic N) is 1. The number of amides is 1. The zero-order chi connectivity index (χ0) is 19.3. The quantitative estimate of drug-likeness (QED) is 0.434. The van der Waals surface area contributed by atoms with Crippen LogP contribution < -0.4 is 15.5 Å². The highest BCUT2D eigenvalue weighted by Gasteiger charge is 2.06. The maximum absolute atomic E-state index is 11.9. The van der Waals surface area contributed by atoms with Gasteiger partial charge in [-0.15, -0.1) is 0 Å². The third kappa shape index (κ3) is 4.74. The Bertz CT molecular complexity index is 885. The summed E-state index contributed by atoms with van der Waals surface area (Å²) in [6, 6.07) is 8.35. The number of anilines is 1. The van der Waals surface area contributed by atoms with Crippen LogP contribution >= 0.6 is 0 Å². The zero-order valence-corrected chi connectivity index (χ0v) is 13.0. The van der Waals surface area contributed by atoms with E-state index < -0.39 is 33.9 Å². The summed E-state index contributed by atoms with van der Waals surface area (Å²) in [6.45, 7) is 0. The summed E-state index contributed by atoms with van der Waals surface area (Å²) in [5, 5.41) is 34.7. The molecule has 0 heterocycles. The second kappa shape index (κ2) is 7.71. The first kappa shape index (κ1) is 18.3. The molecule has 1 amide bonds. The molecule has 9 nitrogen and oxygen atoms in total. The Morgan fingerprint density at radius 2 is 1.46 bits per heavy atom. The van der Waals surface area contributed by atoms with E-state index in [0.717, 1.165) is 24.3 Å². The lowest BCUT2D eigenvalue weighted by Gasteiger charge is -2.11. The molecule has 1 N–H and O–H groups in total. The van der Waals surface area contributed by atoms with Gasteiger partial charge in [0.1, 0.15) is 0 Å². The van der Waals surface area contributed by atoms with E-state index in [9.17, 15) is 34.7 Å². The molecule has 2 aromatic carbocycles. The first-order valence-electron chi connectivity index (χ1n) is 7.07. The van der Waals surface area contributed by atoms with Crippen molar-refractivity contribution in [1.29, 1.82) is 0 Å². The van der Waals surface area contributed by atoms with E-state index in [1.807, 2.05) is 0 Å². The fourth-order valence-corrected chi connectivity index (χ4v) is 2.00. The molecule has 0 bridgehead atoms.